The molecule has 2 rings (SSSR count). The molecule has 0 radical (unpaired) electrons. The van der Waals surface area contributed by atoms with E-state index in [0.717, 1.165) is 12.0 Å². The fourth-order valence-corrected chi connectivity index (χ4v) is 2.85. The second-order valence-electron chi connectivity index (χ2n) is 6.33. The van der Waals surface area contributed by atoms with Gasteiger partial charge in [0, 0.05) is 18.7 Å². The zero-order chi connectivity index (χ0) is 15.5. The number of ketones is 1. The van der Waals surface area contributed by atoms with Crippen molar-refractivity contribution in [2.24, 2.45) is 0 Å². The Kier molecular flexibility index (Phi) is 5.14. The van der Waals surface area contributed by atoms with Crippen molar-refractivity contribution in [3.63, 3.8) is 0 Å². The van der Waals surface area contributed by atoms with Crippen molar-refractivity contribution >= 4 is 5.78 Å². The summed E-state index contributed by atoms with van der Waals surface area (Å²) in [5.41, 5.74) is 1.65. The van der Waals surface area contributed by atoms with Crippen LogP contribution in [0.3, 0.4) is 0 Å². The summed E-state index contributed by atoms with van der Waals surface area (Å²) in [6, 6.07) is 7.81. The smallest absolute Gasteiger partial charge is 0.176 e. The molecular weight excluding hydrogens is 266 g/mol. The van der Waals surface area contributed by atoms with E-state index in [4.69, 9.17) is 4.74 Å². The highest BCUT2D eigenvalue weighted by Gasteiger charge is 2.33. The van der Waals surface area contributed by atoms with Gasteiger partial charge in [-0.25, -0.2) is 0 Å². The average Bonchev–Trinajstić information content (AvgIpc) is 2.45. The van der Waals surface area contributed by atoms with Gasteiger partial charge in [0.25, 0.3) is 0 Å². The molecule has 0 spiro atoms. The number of carbonyl (C=O) groups is 1. The van der Waals surface area contributed by atoms with Crippen LogP contribution in [0.1, 0.15) is 36.7 Å². The van der Waals surface area contributed by atoms with Gasteiger partial charge < -0.3 is 9.84 Å². The fraction of sp³-hybridized carbons (Fsp3) is 0.588. The van der Waals surface area contributed by atoms with Gasteiger partial charge in [0.1, 0.15) is 0 Å². The molecule has 116 valence electrons. The van der Waals surface area contributed by atoms with Crippen LogP contribution >= 0.6 is 0 Å². The normalized spacial score (nSPS) is 22.2. The van der Waals surface area contributed by atoms with Gasteiger partial charge in [-0.2, -0.15) is 0 Å². The van der Waals surface area contributed by atoms with Gasteiger partial charge in [0.15, 0.2) is 5.78 Å². The molecule has 1 aromatic rings. The summed E-state index contributed by atoms with van der Waals surface area (Å²) < 4.78 is 5.77. The molecule has 0 amide bonds. The maximum Gasteiger partial charge on any atom is 0.176 e. The average molecular weight is 291 g/mol. The van der Waals surface area contributed by atoms with Gasteiger partial charge in [0.2, 0.25) is 0 Å². The number of ether oxygens (including phenoxy) is 1. The minimum absolute atomic E-state index is 0.0146. The molecule has 1 N–H and O–H groups in total. The highest BCUT2D eigenvalue weighted by Crippen LogP contribution is 2.21. The molecule has 21 heavy (non-hydrogen) atoms. The molecule has 1 fully saturated rings. The maximum absolute atomic E-state index is 12.4. The van der Waals surface area contributed by atoms with Crippen LogP contribution < -0.4 is 0 Å². The number of aliphatic hydroxyl groups excluding tert-OH is 1. The first kappa shape index (κ1) is 16.1. The van der Waals surface area contributed by atoms with Crippen molar-refractivity contribution in [2.45, 2.75) is 38.9 Å². The van der Waals surface area contributed by atoms with Crippen molar-refractivity contribution < 1.29 is 14.6 Å². The van der Waals surface area contributed by atoms with E-state index in [9.17, 15) is 9.90 Å². The van der Waals surface area contributed by atoms with E-state index in [0.29, 0.717) is 19.6 Å². The third kappa shape index (κ3) is 4.37. The minimum Gasteiger partial charge on any atom is -0.394 e. The fourth-order valence-electron chi connectivity index (χ4n) is 2.85. The zero-order valence-electron chi connectivity index (χ0n) is 13.1. The zero-order valence-corrected chi connectivity index (χ0v) is 13.1. The number of aliphatic hydroxyl groups is 1. The quantitative estimate of drug-likeness (QED) is 0.842. The number of benzene rings is 1. The second-order valence-corrected chi connectivity index (χ2v) is 6.33. The van der Waals surface area contributed by atoms with E-state index in [1.807, 2.05) is 38.1 Å². The molecule has 1 aliphatic heterocycles. The standard InChI is InChI=1S/C17H25NO3/c1-4-13-5-7-14(8-6-13)16(20)10-18-9-15(11-19)21-17(2,3)12-18/h5-8,15,19H,4,9-12H2,1-3H3. The molecule has 1 heterocycles. The van der Waals surface area contributed by atoms with E-state index in [-0.39, 0.29) is 24.1 Å². The summed E-state index contributed by atoms with van der Waals surface area (Å²) >= 11 is 0. The van der Waals surface area contributed by atoms with Crippen molar-refractivity contribution in [1.82, 2.24) is 4.90 Å². The van der Waals surface area contributed by atoms with Crippen LogP contribution in [0.2, 0.25) is 0 Å². The van der Waals surface area contributed by atoms with Crippen LogP contribution in [0.4, 0.5) is 0 Å². The summed E-state index contributed by atoms with van der Waals surface area (Å²) in [4.78, 5) is 14.4. The first-order valence-electron chi connectivity index (χ1n) is 7.56. The summed E-state index contributed by atoms with van der Waals surface area (Å²) in [5, 5.41) is 9.31. The Morgan fingerprint density at radius 3 is 2.62 bits per heavy atom. The Morgan fingerprint density at radius 1 is 1.38 bits per heavy atom. The summed E-state index contributed by atoms with van der Waals surface area (Å²) in [6.07, 6.45) is 0.758. The first-order valence-corrected chi connectivity index (χ1v) is 7.56. The molecule has 1 aliphatic rings. The highest BCUT2D eigenvalue weighted by atomic mass is 16.5. The topological polar surface area (TPSA) is 49.8 Å². The van der Waals surface area contributed by atoms with Crippen LogP contribution in [0.5, 0.6) is 0 Å². The molecule has 0 saturated carbocycles. The number of hydrogen-bond acceptors (Lipinski definition) is 4. The van der Waals surface area contributed by atoms with E-state index in [1.165, 1.54) is 5.56 Å². The second kappa shape index (κ2) is 6.69. The monoisotopic (exact) mass is 291 g/mol. The third-order valence-electron chi connectivity index (χ3n) is 3.81. The number of rotatable bonds is 5. The van der Waals surface area contributed by atoms with Crippen LogP contribution in [0, 0.1) is 0 Å². The van der Waals surface area contributed by atoms with Gasteiger partial charge >= 0.3 is 0 Å². The number of aryl methyl sites for hydroxylation is 1. The predicted molar refractivity (Wildman–Crippen MR) is 82.6 cm³/mol. The molecule has 4 nitrogen and oxygen atoms in total. The number of Topliss-reactive ketones (excluding diaryl/α,β-unsaturated/α-hetero) is 1. The minimum atomic E-state index is -0.335. The molecule has 1 unspecified atom stereocenters. The molecule has 1 aromatic carbocycles. The summed E-state index contributed by atoms with van der Waals surface area (Å²) in [5.74, 6) is 0.118. The van der Waals surface area contributed by atoms with Gasteiger partial charge in [0.05, 0.1) is 24.9 Å². The van der Waals surface area contributed by atoms with Gasteiger partial charge in [-0.1, -0.05) is 31.2 Å². The Labute approximate surface area is 126 Å². The third-order valence-corrected chi connectivity index (χ3v) is 3.81. The first-order chi connectivity index (χ1) is 9.93. The molecule has 0 bridgehead atoms. The Balaban J connectivity index is 2.00. The van der Waals surface area contributed by atoms with E-state index < -0.39 is 0 Å². The molecule has 4 heteroatoms. The van der Waals surface area contributed by atoms with Crippen molar-refractivity contribution in [3.05, 3.63) is 35.4 Å². The van der Waals surface area contributed by atoms with E-state index >= 15 is 0 Å². The largest absolute Gasteiger partial charge is 0.394 e. The molecule has 0 aliphatic carbocycles. The van der Waals surface area contributed by atoms with Crippen molar-refractivity contribution in [1.29, 1.82) is 0 Å². The highest BCUT2D eigenvalue weighted by molar-refractivity contribution is 5.97. The lowest BCUT2D eigenvalue weighted by Crippen LogP contribution is -2.54. The maximum atomic E-state index is 12.4. The molecule has 0 aromatic heterocycles. The summed E-state index contributed by atoms with van der Waals surface area (Å²) in [6.45, 7) is 7.72. The van der Waals surface area contributed by atoms with Crippen LogP contribution in [-0.4, -0.2) is 53.7 Å². The van der Waals surface area contributed by atoms with Crippen molar-refractivity contribution in [2.75, 3.05) is 26.2 Å². The van der Waals surface area contributed by atoms with Gasteiger partial charge in [-0.15, -0.1) is 0 Å². The Morgan fingerprint density at radius 2 is 2.05 bits per heavy atom. The predicted octanol–water partition coefficient (Wildman–Crippen LogP) is 1.90. The van der Waals surface area contributed by atoms with Crippen LogP contribution in [0.15, 0.2) is 24.3 Å². The number of hydrogen-bond donors (Lipinski definition) is 1. The van der Waals surface area contributed by atoms with Crippen molar-refractivity contribution in [3.8, 4) is 0 Å². The SMILES string of the molecule is CCc1ccc(C(=O)CN2CC(CO)OC(C)(C)C2)cc1. The van der Waals surface area contributed by atoms with Crippen LogP contribution in [0.25, 0.3) is 0 Å². The van der Waals surface area contributed by atoms with E-state index in [1.54, 1.807) is 0 Å². The molecule has 1 saturated heterocycles. The lowest BCUT2D eigenvalue weighted by molar-refractivity contribution is -0.146. The van der Waals surface area contributed by atoms with E-state index in [2.05, 4.69) is 11.8 Å². The molecule has 1 atom stereocenters. The van der Waals surface area contributed by atoms with Gasteiger partial charge in [-0.3, -0.25) is 9.69 Å². The summed E-state index contributed by atoms with van der Waals surface area (Å²) in [7, 11) is 0. The van der Waals surface area contributed by atoms with Gasteiger partial charge in [-0.05, 0) is 25.8 Å². The number of nitrogens with zero attached hydrogens (tertiary/aromatic N) is 1. The Bertz CT molecular complexity index is 481. The number of morpholine rings is 1. The number of carbonyl (C=O) groups excluding carboxylic acids is 1. The Hall–Kier alpha value is -1.23. The van der Waals surface area contributed by atoms with Crippen LogP contribution in [-0.2, 0) is 11.2 Å². The lowest BCUT2D eigenvalue weighted by Gasteiger charge is -2.42. The lowest BCUT2D eigenvalue weighted by atomic mass is 10.0. The molecular formula is C17H25NO3.